The van der Waals surface area contributed by atoms with Crippen molar-refractivity contribution in [2.45, 2.75) is 25.4 Å². The van der Waals surface area contributed by atoms with Crippen molar-refractivity contribution in [3.05, 3.63) is 36.5 Å². The maximum atomic E-state index is 6.25. The fourth-order valence-corrected chi connectivity index (χ4v) is 2.99. The molecule has 1 aliphatic carbocycles. The third-order valence-electron chi connectivity index (χ3n) is 3.93. The van der Waals surface area contributed by atoms with E-state index in [1.54, 1.807) is 0 Å². The van der Waals surface area contributed by atoms with Gasteiger partial charge in [0, 0.05) is 24.0 Å². The van der Waals surface area contributed by atoms with Gasteiger partial charge in [-0.1, -0.05) is 18.2 Å². The Morgan fingerprint density at radius 2 is 2.16 bits per heavy atom. The van der Waals surface area contributed by atoms with E-state index < -0.39 is 0 Å². The second-order valence-electron chi connectivity index (χ2n) is 5.24. The molecule has 0 amide bonds. The van der Waals surface area contributed by atoms with Crippen molar-refractivity contribution in [1.29, 1.82) is 0 Å². The first-order valence-corrected chi connectivity index (χ1v) is 7.03. The van der Waals surface area contributed by atoms with Crippen LogP contribution in [0.25, 0.3) is 10.9 Å². The molecule has 2 aromatic rings. The van der Waals surface area contributed by atoms with Gasteiger partial charge in [0.05, 0.1) is 0 Å². The molecule has 1 heterocycles. The number of para-hydroxylation sites is 1. The van der Waals surface area contributed by atoms with Gasteiger partial charge in [-0.25, -0.2) is 0 Å². The van der Waals surface area contributed by atoms with Gasteiger partial charge in [0.15, 0.2) is 0 Å². The van der Waals surface area contributed by atoms with Crippen LogP contribution in [-0.2, 0) is 0 Å². The number of pyridine rings is 1. The van der Waals surface area contributed by atoms with E-state index in [-0.39, 0.29) is 0 Å². The summed E-state index contributed by atoms with van der Waals surface area (Å²) >= 11 is 0. The lowest BCUT2D eigenvalue weighted by molar-refractivity contribution is 0.160. The SMILES string of the molecule is CNCC1CCCC1Oc1cccc2cccnc12. The highest BCUT2D eigenvalue weighted by atomic mass is 16.5. The smallest absolute Gasteiger partial charge is 0.145 e. The normalized spacial score (nSPS) is 22.8. The quantitative estimate of drug-likeness (QED) is 0.913. The van der Waals surface area contributed by atoms with Crippen molar-refractivity contribution in [2.24, 2.45) is 5.92 Å². The lowest BCUT2D eigenvalue weighted by Gasteiger charge is -2.21. The summed E-state index contributed by atoms with van der Waals surface area (Å²) in [7, 11) is 2.01. The van der Waals surface area contributed by atoms with Crippen molar-refractivity contribution >= 4 is 10.9 Å². The molecule has 0 aliphatic heterocycles. The van der Waals surface area contributed by atoms with Gasteiger partial charge in [-0.2, -0.15) is 0 Å². The highest BCUT2D eigenvalue weighted by Gasteiger charge is 2.28. The minimum Gasteiger partial charge on any atom is -0.488 e. The summed E-state index contributed by atoms with van der Waals surface area (Å²) in [6.07, 6.45) is 5.81. The number of benzene rings is 1. The molecule has 2 atom stereocenters. The van der Waals surface area contributed by atoms with E-state index in [0.717, 1.165) is 29.6 Å². The second-order valence-corrected chi connectivity index (χ2v) is 5.24. The van der Waals surface area contributed by atoms with Crippen LogP contribution in [0.2, 0.25) is 0 Å². The molecular formula is C16H20N2O. The molecule has 1 aromatic heterocycles. The first-order chi connectivity index (χ1) is 9.38. The summed E-state index contributed by atoms with van der Waals surface area (Å²) in [5.74, 6) is 1.54. The average Bonchev–Trinajstić information content (AvgIpc) is 2.87. The van der Waals surface area contributed by atoms with Gasteiger partial charge in [-0.05, 0) is 38.4 Å². The first kappa shape index (κ1) is 12.4. The number of hydrogen-bond acceptors (Lipinski definition) is 3. The molecule has 0 radical (unpaired) electrons. The van der Waals surface area contributed by atoms with Crippen LogP contribution in [0, 0.1) is 5.92 Å². The van der Waals surface area contributed by atoms with Crippen LogP contribution < -0.4 is 10.1 Å². The third kappa shape index (κ3) is 2.56. The Bertz CT molecular complexity index is 550. The zero-order valence-corrected chi connectivity index (χ0v) is 11.3. The average molecular weight is 256 g/mol. The highest BCUT2D eigenvalue weighted by molar-refractivity contribution is 5.84. The van der Waals surface area contributed by atoms with Crippen LogP contribution in [0.3, 0.4) is 0 Å². The monoisotopic (exact) mass is 256 g/mol. The number of ether oxygens (including phenoxy) is 1. The molecule has 1 fully saturated rings. The largest absolute Gasteiger partial charge is 0.488 e. The van der Waals surface area contributed by atoms with Crippen molar-refractivity contribution in [3.63, 3.8) is 0 Å². The van der Waals surface area contributed by atoms with Crippen molar-refractivity contribution < 1.29 is 4.74 Å². The number of rotatable bonds is 4. The van der Waals surface area contributed by atoms with E-state index in [4.69, 9.17) is 4.74 Å². The number of aromatic nitrogens is 1. The Kier molecular flexibility index (Phi) is 3.65. The Labute approximate surface area is 114 Å². The molecule has 0 spiro atoms. The fourth-order valence-electron chi connectivity index (χ4n) is 2.99. The predicted octanol–water partition coefficient (Wildman–Crippen LogP) is 3.00. The van der Waals surface area contributed by atoms with Gasteiger partial charge in [0.2, 0.25) is 0 Å². The Morgan fingerprint density at radius 1 is 1.26 bits per heavy atom. The van der Waals surface area contributed by atoms with Gasteiger partial charge in [0.1, 0.15) is 17.4 Å². The maximum Gasteiger partial charge on any atom is 0.145 e. The lowest BCUT2D eigenvalue weighted by atomic mass is 10.1. The molecule has 2 unspecified atom stereocenters. The number of fused-ring (bicyclic) bond motifs is 1. The van der Waals surface area contributed by atoms with Crippen molar-refractivity contribution in [3.8, 4) is 5.75 Å². The topological polar surface area (TPSA) is 34.1 Å². The lowest BCUT2D eigenvalue weighted by Crippen LogP contribution is -2.29. The summed E-state index contributed by atoms with van der Waals surface area (Å²) in [5.41, 5.74) is 0.972. The van der Waals surface area contributed by atoms with Crippen LogP contribution in [-0.4, -0.2) is 24.7 Å². The van der Waals surface area contributed by atoms with Gasteiger partial charge >= 0.3 is 0 Å². The molecule has 3 nitrogen and oxygen atoms in total. The van der Waals surface area contributed by atoms with E-state index in [2.05, 4.69) is 22.4 Å². The molecular weight excluding hydrogens is 236 g/mol. The highest BCUT2D eigenvalue weighted by Crippen LogP contribution is 2.32. The van der Waals surface area contributed by atoms with Gasteiger partial charge in [-0.15, -0.1) is 0 Å². The molecule has 19 heavy (non-hydrogen) atoms. The van der Waals surface area contributed by atoms with Gasteiger partial charge < -0.3 is 10.1 Å². The minimum absolute atomic E-state index is 0.319. The first-order valence-electron chi connectivity index (χ1n) is 7.03. The maximum absolute atomic E-state index is 6.25. The fraction of sp³-hybridized carbons (Fsp3) is 0.438. The molecule has 1 aromatic carbocycles. The summed E-state index contributed by atoms with van der Waals surface area (Å²) < 4.78 is 6.25. The van der Waals surface area contributed by atoms with Crippen LogP contribution in [0.4, 0.5) is 0 Å². The molecule has 1 N–H and O–H groups in total. The molecule has 100 valence electrons. The van der Waals surface area contributed by atoms with Gasteiger partial charge in [0.25, 0.3) is 0 Å². The minimum atomic E-state index is 0.319. The Hall–Kier alpha value is -1.61. The Morgan fingerprint density at radius 3 is 3.05 bits per heavy atom. The molecule has 0 bridgehead atoms. The van der Waals surface area contributed by atoms with Crippen molar-refractivity contribution in [1.82, 2.24) is 10.3 Å². The Balaban J connectivity index is 1.85. The molecule has 1 saturated carbocycles. The van der Waals surface area contributed by atoms with E-state index in [0.29, 0.717) is 12.0 Å². The predicted molar refractivity (Wildman–Crippen MR) is 77.4 cm³/mol. The summed E-state index contributed by atoms with van der Waals surface area (Å²) in [5, 5.41) is 4.41. The standard InChI is InChI=1S/C16H20N2O/c1-17-11-13-6-3-8-14(13)19-15-9-2-5-12-7-4-10-18-16(12)15/h2,4-5,7,9-10,13-14,17H,3,6,8,11H2,1H3. The zero-order chi connectivity index (χ0) is 13.1. The summed E-state index contributed by atoms with van der Waals surface area (Å²) in [6, 6.07) is 10.2. The number of nitrogens with one attached hydrogen (secondary N) is 1. The zero-order valence-electron chi connectivity index (χ0n) is 11.3. The molecule has 1 aliphatic rings. The van der Waals surface area contributed by atoms with Crippen molar-refractivity contribution in [2.75, 3.05) is 13.6 Å². The van der Waals surface area contributed by atoms with Crippen LogP contribution in [0.5, 0.6) is 5.75 Å². The van der Waals surface area contributed by atoms with E-state index >= 15 is 0 Å². The second kappa shape index (κ2) is 5.57. The van der Waals surface area contributed by atoms with Crippen LogP contribution in [0.1, 0.15) is 19.3 Å². The van der Waals surface area contributed by atoms with Gasteiger partial charge in [-0.3, -0.25) is 4.98 Å². The van der Waals surface area contributed by atoms with Crippen LogP contribution >= 0.6 is 0 Å². The molecule has 3 rings (SSSR count). The van der Waals surface area contributed by atoms with E-state index in [9.17, 15) is 0 Å². The van der Waals surface area contributed by atoms with E-state index in [1.807, 2.05) is 31.4 Å². The molecule has 3 heteroatoms. The number of hydrogen-bond donors (Lipinski definition) is 1. The molecule has 0 saturated heterocycles. The summed E-state index contributed by atoms with van der Waals surface area (Å²) in [6.45, 7) is 1.03. The van der Waals surface area contributed by atoms with E-state index in [1.165, 1.54) is 12.8 Å². The summed E-state index contributed by atoms with van der Waals surface area (Å²) in [4.78, 5) is 4.45. The van der Waals surface area contributed by atoms with Crippen LogP contribution in [0.15, 0.2) is 36.5 Å². The third-order valence-corrected chi connectivity index (χ3v) is 3.93. The number of nitrogens with zero attached hydrogens (tertiary/aromatic N) is 1.